The van der Waals surface area contributed by atoms with Crippen LogP contribution >= 0.6 is 0 Å². The minimum absolute atomic E-state index is 0.0157. The van der Waals surface area contributed by atoms with E-state index in [1.807, 2.05) is 37.3 Å². The molecule has 1 aromatic carbocycles. The number of hydrogen-bond donors (Lipinski definition) is 3. The molecule has 1 heterocycles. The predicted molar refractivity (Wildman–Crippen MR) is 120 cm³/mol. The maximum atomic E-state index is 13.2. The largest absolute Gasteiger partial charge is 0.486 e. The lowest BCUT2D eigenvalue weighted by Crippen LogP contribution is -2.57. The molecular formula is C25H32N2O5. The summed E-state index contributed by atoms with van der Waals surface area (Å²) in [5, 5.41) is 23.4. The third-order valence-corrected chi connectivity index (χ3v) is 6.67. The molecule has 0 bridgehead atoms. The van der Waals surface area contributed by atoms with Gasteiger partial charge in [0.1, 0.15) is 18.0 Å². The summed E-state index contributed by atoms with van der Waals surface area (Å²) in [5.74, 6) is -0.243. The molecule has 32 heavy (non-hydrogen) atoms. The Balaban J connectivity index is 1.76. The maximum absolute atomic E-state index is 13.2. The molecule has 4 atom stereocenters. The number of benzene rings is 1. The van der Waals surface area contributed by atoms with E-state index in [2.05, 4.69) is 5.32 Å². The number of fused-ring (bicyclic) bond motifs is 3. The fraction of sp³-hybridized carbons (Fsp3) is 0.520. The summed E-state index contributed by atoms with van der Waals surface area (Å²) in [4.78, 5) is 28.1. The second-order valence-electron chi connectivity index (χ2n) is 8.68. The third-order valence-electron chi connectivity index (χ3n) is 6.67. The molecule has 0 saturated heterocycles. The monoisotopic (exact) mass is 440 g/mol. The van der Waals surface area contributed by atoms with Gasteiger partial charge in [0.05, 0.1) is 18.6 Å². The zero-order valence-electron chi connectivity index (χ0n) is 18.4. The number of rotatable bonds is 7. The van der Waals surface area contributed by atoms with E-state index in [0.717, 1.165) is 37.7 Å². The van der Waals surface area contributed by atoms with Crippen molar-refractivity contribution in [3.05, 3.63) is 53.6 Å². The van der Waals surface area contributed by atoms with Gasteiger partial charge in [0, 0.05) is 23.7 Å². The van der Waals surface area contributed by atoms with Gasteiger partial charge >= 0.3 is 0 Å². The normalized spacial score (nSPS) is 26.9. The van der Waals surface area contributed by atoms with Crippen molar-refractivity contribution in [1.82, 2.24) is 10.2 Å². The molecule has 1 aliphatic heterocycles. The molecule has 0 spiro atoms. The number of carbonyl (C=O) groups is 2. The van der Waals surface area contributed by atoms with Gasteiger partial charge in [-0.2, -0.15) is 0 Å². The lowest BCUT2D eigenvalue weighted by atomic mass is 9.77. The molecule has 0 aromatic heterocycles. The molecule has 7 nitrogen and oxygen atoms in total. The fourth-order valence-corrected chi connectivity index (χ4v) is 5.22. The Morgan fingerprint density at radius 3 is 2.72 bits per heavy atom. The number of nitrogens with one attached hydrogen (secondary N) is 1. The summed E-state index contributed by atoms with van der Waals surface area (Å²) < 4.78 is 6.14. The predicted octanol–water partition coefficient (Wildman–Crippen LogP) is 2.05. The van der Waals surface area contributed by atoms with Crippen LogP contribution in [-0.4, -0.2) is 64.4 Å². The Morgan fingerprint density at radius 2 is 2.00 bits per heavy atom. The number of nitrogens with zero attached hydrogens (tertiary/aromatic N) is 1. The molecular weight excluding hydrogens is 408 g/mol. The standard InChI is InChI=1S/C25H32N2O5/c1-2-3-12-21(29)27(16-8-4-5-9-16)19-15-18(25(31)26-13-14-28)22-17-10-6-7-11-20(17)32-24(22)23(19)30/h3,6-7,10-12,15-16,19,22-24,28,30H,2,4-5,8-9,13-14H2,1H3,(H,26,31)/t19-,22+,23+,24+/m1/s1. The average Bonchev–Trinajstić information content (AvgIpc) is 3.46. The molecule has 0 unspecified atom stereocenters. The van der Waals surface area contributed by atoms with Crippen molar-refractivity contribution in [1.29, 1.82) is 0 Å². The molecule has 1 aromatic rings. The van der Waals surface area contributed by atoms with E-state index in [1.165, 1.54) is 0 Å². The minimum Gasteiger partial charge on any atom is -0.486 e. The van der Waals surface area contributed by atoms with Gasteiger partial charge in [-0.25, -0.2) is 0 Å². The SMILES string of the molecule is CCC=CC(=O)N(C1CCCC1)[C@@H]1C=C(C(=O)NCCO)[C@@H]2c3ccccc3O[C@@H]2[C@H]1O. The first kappa shape index (κ1) is 22.6. The fourth-order valence-electron chi connectivity index (χ4n) is 5.22. The van der Waals surface area contributed by atoms with Gasteiger partial charge in [0.2, 0.25) is 11.8 Å². The molecule has 3 aliphatic rings. The molecule has 7 heteroatoms. The first-order valence-corrected chi connectivity index (χ1v) is 11.6. The van der Waals surface area contributed by atoms with E-state index in [-0.39, 0.29) is 31.0 Å². The van der Waals surface area contributed by atoms with Crippen LogP contribution in [-0.2, 0) is 9.59 Å². The van der Waals surface area contributed by atoms with Crippen molar-refractivity contribution >= 4 is 11.8 Å². The summed E-state index contributed by atoms with van der Waals surface area (Å²) in [7, 11) is 0. The van der Waals surface area contributed by atoms with Gasteiger partial charge in [0.15, 0.2) is 0 Å². The van der Waals surface area contributed by atoms with Crippen LogP contribution in [0.1, 0.15) is 50.5 Å². The van der Waals surface area contributed by atoms with Crippen molar-refractivity contribution in [3.63, 3.8) is 0 Å². The second-order valence-corrected chi connectivity index (χ2v) is 8.68. The Morgan fingerprint density at radius 1 is 1.25 bits per heavy atom. The van der Waals surface area contributed by atoms with Gasteiger partial charge < -0.3 is 25.2 Å². The topological polar surface area (TPSA) is 99.1 Å². The van der Waals surface area contributed by atoms with Crippen LogP contribution in [0.4, 0.5) is 0 Å². The molecule has 172 valence electrons. The zero-order valence-corrected chi connectivity index (χ0v) is 18.4. The van der Waals surface area contributed by atoms with E-state index in [4.69, 9.17) is 4.74 Å². The van der Waals surface area contributed by atoms with Crippen molar-refractivity contribution < 1.29 is 24.5 Å². The molecule has 1 saturated carbocycles. The summed E-state index contributed by atoms with van der Waals surface area (Å²) in [6.45, 7) is 1.94. The smallest absolute Gasteiger partial charge is 0.247 e. The second kappa shape index (κ2) is 9.88. The molecule has 1 fully saturated rings. The number of aliphatic hydroxyl groups excluding tert-OH is 2. The Labute approximate surface area is 188 Å². The highest BCUT2D eigenvalue weighted by atomic mass is 16.5. The van der Waals surface area contributed by atoms with Crippen LogP contribution in [0.15, 0.2) is 48.1 Å². The number of ether oxygens (including phenoxy) is 1. The van der Waals surface area contributed by atoms with Crippen LogP contribution in [0, 0.1) is 0 Å². The highest BCUT2D eigenvalue weighted by molar-refractivity contribution is 5.96. The van der Waals surface area contributed by atoms with Crippen LogP contribution in [0.5, 0.6) is 5.75 Å². The maximum Gasteiger partial charge on any atom is 0.247 e. The van der Waals surface area contributed by atoms with E-state index in [1.54, 1.807) is 17.1 Å². The Kier molecular flexibility index (Phi) is 6.96. The first-order chi connectivity index (χ1) is 15.6. The van der Waals surface area contributed by atoms with Crippen molar-refractivity contribution in [2.75, 3.05) is 13.2 Å². The molecule has 4 rings (SSSR count). The number of aliphatic hydroxyl groups is 2. The number of carbonyl (C=O) groups excluding carboxylic acids is 2. The number of para-hydroxylation sites is 1. The molecule has 3 N–H and O–H groups in total. The van der Waals surface area contributed by atoms with Crippen LogP contribution in [0.2, 0.25) is 0 Å². The molecule has 0 radical (unpaired) electrons. The van der Waals surface area contributed by atoms with E-state index in [0.29, 0.717) is 11.3 Å². The van der Waals surface area contributed by atoms with Crippen molar-refractivity contribution in [3.8, 4) is 5.75 Å². The zero-order chi connectivity index (χ0) is 22.7. The van der Waals surface area contributed by atoms with Crippen molar-refractivity contribution in [2.24, 2.45) is 0 Å². The Bertz CT molecular complexity index is 905. The number of allylic oxidation sites excluding steroid dienone is 1. The lowest BCUT2D eigenvalue weighted by Gasteiger charge is -2.42. The van der Waals surface area contributed by atoms with Crippen molar-refractivity contribution in [2.45, 2.75) is 69.2 Å². The van der Waals surface area contributed by atoms with E-state index < -0.39 is 24.2 Å². The highest BCUT2D eigenvalue weighted by Crippen LogP contribution is 2.47. The lowest BCUT2D eigenvalue weighted by molar-refractivity contribution is -0.135. The quantitative estimate of drug-likeness (QED) is 0.564. The number of amides is 2. The summed E-state index contributed by atoms with van der Waals surface area (Å²) in [6.07, 6.45) is 8.08. The Hall–Kier alpha value is -2.64. The average molecular weight is 441 g/mol. The van der Waals surface area contributed by atoms with Gasteiger partial charge in [0.25, 0.3) is 0 Å². The van der Waals surface area contributed by atoms with Gasteiger partial charge in [-0.15, -0.1) is 0 Å². The van der Waals surface area contributed by atoms with E-state index >= 15 is 0 Å². The molecule has 2 aliphatic carbocycles. The first-order valence-electron chi connectivity index (χ1n) is 11.6. The molecule has 2 amide bonds. The highest BCUT2D eigenvalue weighted by Gasteiger charge is 2.51. The van der Waals surface area contributed by atoms with Gasteiger partial charge in [-0.3, -0.25) is 9.59 Å². The summed E-state index contributed by atoms with van der Waals surface area (Å²) in [6, 6.07) is 6.83. The van der Waals surface area contributed by atoms with Crippen LogP contribution in [0.3, 0.4) is 0 Å². The summed E-state index contributed by atoms with van der Waals surface area (Å²) >= 11 is 0. The van der Waals surface area contributed by atoms with Gasteiger partial charge in [-0.05, 0) is 37.5 Å². The van der Waals surface area contributed by atoms with Gasteiger partial charge in [-0.1, -0.05) is 44.0 Å². The van der Waals surface area contributed by atoms with Crippen LogP contribution < -0.4 is 10.1 Å². The summed E-state index contributed by atoms with van der Waals surface area (Å²) in [5.41, 5.74) is 1.32. The number of hydrogen-bond acceptors (Lipinski definition) is 5. The minimum atomic E-state index is -0.971. The third kappa shape index (κ3) is 4.19. The van der Waals surface area contributed by atoms with Crippen LogP contribution in [0.25, 0.3) is 0 Å². The van der Waals surface area contributed by atoms with E-state index in [9.17, 15) is 19.8 Å².